The van der Waals surface area contributed by atoms with Gasteiger partial charge in [-0.05, 0) is 62.3 Å². The van der Waals surface area contributed by atoms with Crippen molar-refractivity contribution < 1.29 is 5.11 Å². The molecule has 0 aliphatic heterocycles. The van der Waals surface area contributed by atoms with E-state index in [1.165, 1.54) is 0 Å². The Morgan fingerprint density at radius 2 is 2.00 bits per heavy atom. The molecule has 0 spiro atoms. The molecule has 0 aromatic heterocycles. The lowest BCUT2D eigenvalue weighted by atomic mass is 9.87. The highest BCUT2D eigenvalue weighted by atomic mass is 16.3. The molecule has 1 fully saturated rings. The molecule has 0 saturated heterocycles. The number of hydrogen-bond donors (Lipinski definition) is 3. The van der Waals surface area contributed by atoms with Crippen LogP contribution in [0.5, 0.6) is 0 Å². The zero-order valence-corrected chi connectivity index (χ0v) is 10.4. The van der Waals surface area contributed by atoms with Gasteiger partial charge >= 0.3 is 0 Å². The average molecular weight is 234 g/mol. The Labute approximate surface area is 103 Å². The number of nitrogen functional groups attached to an aromatic ring is 1. The molecule has 0 amide bonds. The number of nitrogens with one attached hydrogen (secondary N) is 1. The number of benzene rings is 1. The molecule has 0 radical (unpaired) electrons. The van der Waals surface area contributed by atoms with Crippen molar-refractivity contribution in [3.05, 3.63) is 23.8 Å². The van der Waals surface area contributed by atoms with Gasteiger partial charge in [-0.3, -0.25) is 0 Å². The van der Waals surface area contributed by atoms with Gasteiger partial charge in [0.15, 0.2) is 0 Å². The van der Waals surface area contributed by atoms with Crippen molar-refractivity contribution in [1.82, 2.24) is 0 Å². The molecule has 1 aliphatic rings. The van der Waals surface area contributed by atoms with Gasteiger partial charge < -0.3 is 16.2 Å². The molecule has 1 aliphatic carbocycles. The molecule has 1 saturated carbocycles. The summed E-state index contributed by atoms with van der Waals surface area (Å²) < 4.78 is 0. The highest BCUT2D eigenvalue weighted by Crippen LogP contribution is 2.25. The summed E-state index contributed by atoms with van der Waals surface area (Å²) in [5.41, 5.74) is 8.89. The van der Waals surface area contributed by atoms with Crippen LogP contribution in [0.15, 0.2) is 18.2 Å². The van der Waals surface area contributed by atoms with Crippen LogP contribution >= 0.6 is 0 Å². The second-order valence-electron chi connectivity index (χ2n) is 5.13. The number of nitrogens with two attached hydrogens (primary N) is 1. The van der Waals surface area contributed by atoms with E-state index in [2.05, 4.69) is 11.4 Å². The van der Waals surface area contributed by atoms with Crippen molar-refractivity contribution in [2.75, 3.05) is 17.6 Å². The second kappa shape index (κ2) is 5.41. The van der Waals surface area contributed by atoms with E-state index in [-0.39, 0.29) is 6.10 Å². The summed E-state index contributed by atoms with van der Waals surface area (Å²) in [7, 11) is 0. The number of hydrogen-bond acceptors (Lipinski definition) is 3. The molecule has 3 heteroatoms. The van der Waals surface area contributed by atoms with E-state index >= 15 is 0 Å². The van der Waals surface area contributed by atoms with E-state index in [1.807, 2.05) is 19.1 Å². The molecule has 4 N–H and O–H groups in total. The Balaban J connectivity index is 1.83. The fourth-order valence-corrected chi connectivity index (χ4v) is 2.40. The van der Waals surface area contributed by atoms with Crippen LogP contribution in [-0.4, -0.2) is 17.8 Å². The van der Waals surface area contributed by atoms with E-state index < -0.39 is 0 Å². The highest BCUT2D eigenvalue weighted by molar-refractivity contribution is 5.56. The standard InChI is InChI=1S/C14H22N2O/c1-10-8-12(4-7-14(10)15)16-9-11-2-5-13(17)6-3-11/h4,7-8,11,13,16-17H,2-3,5-6,9,15H2,1H3. The number of aryl methyl sites for hydroxylation is 1. The van der Waals surface area contributed by atoms with Crippen LogP contribution in [0, 0.1) is 12.8 Å². The van der Waals surface area contributed by atoms with E-state index in [1.54, 1.807) is 0 Å². The maximum atomic E-state index is 9.44. The SMILES string of the molecule is Cc1cc(NCC2CCC(O)CC2)ccc1N. The van der Waals surface area contributed by atoms with Gasteiger partial charge in [0, 0.05) is 17.9 Å². The third kappa shape index (κ3) is 3.37. The topological polar surface area (TPSA) is 58.3 Å². The Morgan fingerprint density at radius 1 is 1.29 bits per heavy atom. The quantitative estimate of drug-likeness (QED) is 0.704. The largest absolute Gasteiger partial charge is 0.399 e. The van der Waals surface area contributed by atoms with Crippen LogP contribution in [0.1, 0.15) is 31.2 Å². The minimum atomic E-state index is -0.0648. The van der Waals surface area contributed by atoms with Crippen molar-refractivity contribution in [3.8, 4) is 0 Å². The van der Waals surface area contributed by atoms with Crippen LogP contribution in [0.3, 0.4) is 0 Å². The molecule has 0 unspecified atom stereocenters. The molecule has 94 valence electrons. The van der Waals surface area contributed by atoms with Gasteiger partial charge in [0.25, 0.3) is 0 Å². The summed E-state index contributed by atoms with van der Waals surface area (Å²) in [4.78, 5) is 0. The summed E-state index contributed by atoms with van der Waals surface area (Å²) in [5.74, 6) is 0.691. The first-order valence-corrected chi connectivity index (χ1v) is 6.43. The Kier molecular flexibility index (Phi) is 3.89. The van der Waals surface area contributed by atoms with Crippen molar-refractivity contribution in [1.29, 1.82) is 0 Å². The van der Waals surface area contributed by atoms with Crippen LogP contribution in [0.2, 0.25) is 0 Å². The average Bonchev–Trinajstić information content (AvgIpc) is 2.33. The van der Waals surface area contributed by atoms with Gasteiger partial charge in [0.05, 0.1) is 6.10 Å². The number of aliphatic hydroxyl groups is 1. The number of rotatable bonds is 3. The molecule has 17 heavy (non-hydrogen) atoms. The third-order valence-electron chi connectivity index (χ3n) is 3.68. The minimum absolute atomic E-state index is 0.0648. The molecule has 0 bridgehead atoms. The first-order valence-electron chi connectivity index (χ1n) is 6.43. The Morgan fingerprint density at radius 3 is 2.65 bits per heavy atom. The van der Waals surface area contributed by atoms with Gasteiger partial charge in [0.1, 0.15) is 0 Å². The van der Waals surface area contributed by atoms with Gasteiger partial charge in [0.2, 0.25) is 0 Å². The van der Waals surface area contributed by atoms with E-state index in [9.17, 15) is 5.11 Å². The summed E-state index contributed by atoms with van der Waals surface area (Å²) in [6.07, 6.45) is 4.09. The summed E-state index contributed by atoms with van der Waals surface area (Å²) in [6.45, 7) is 3.02. The van der Waals surface area contributed by atoms with Crippen LogP contribution in [0.4, 0.5) is 11.4 Å². The van der Waals surface area contributed by atoms with Crippen LogP contribution < -0.4 is 11.1 Å². The van der Waals surface area contributed by atoms with Crippen molar-refractivity contribution in [2.45, 2.75) is 38.7 Å². The van der Waals surface area contributed by atoms with E-state index in [4.69, 9.17) is 5.73 Å². The maximum absolute atomic E-state index is 9.44. The molecular weight excluding hydrogens is 212 g/mol. The predicted molar refractivity (Wildman–Crippen MR) is 72.0 cm³/mol. The molecule has 1 aromatic rings. The molecular formula is C14H22N2O. The Bertz CT molecular complexity index is 370. The lowest BCUT2D eigenvalue weighted by Crippen LogP contribution is -2.23. The van der Waals surface area contributed by atoms with Gasteiger partial charge in [-0.2, -0.15) is 0 Å². The first-order chi connectivity index (χ1) is 8.15. The van der Waals surface area contributed by atoms with Gasteiger partial charge in [-0.1, -0.05) is 0 Å². The normalized spacial score (nSPS) is 24.6. The zero-order chi connectivity index (χ0) is 12.3. The van der Waals surface area contributed by atoms with Crippen molar-refractivity contribution in [2.24, 2.45) is 5.92 Å². The van der Waals surface area contributed by atoms with Crippen LogP contribution in [0.25, 0.3) is 0 Å². The Hall–Kier alpha value is -1.22. The predicted octanol–water partition coefficient (Wildman–Crippen LogP) is 2.54. The highest BCUT2D eigenvalue weighted by Gasteiger charge is 2.18. The fourth-order valence-electron chi connectivity index (χ4n) is 2.40. The summed E-state index contributed by atoms with van der Waals surface area (Å²) in [6, 6.07) is 6.06. The summed E-state index contributed by atoms with van der Waals surface area (Å²) >= 11 is 0. The number of anilines is 2. The molecule has 1 aromatic carbocycles. The van der Waals surface area contributed by atoms with Crippen molar-refractivity contribution >= 4 is 11.4 Å². The lowest BCUT2D eigenvalue weighted by molar-refractivity contribution is 0.111. The smallest absolute Gasteiger partial charge is 0.0540 e. The zero-order valence-electron chi connectivity index (χ0n) is 10.4. The van der Waals surface area contributed by atoms with Crippen molar-refractivity contribution in [3.63, 3.8) is 0 Å². The molecule has 3 nitrogen and oxygen atoms in total. The first kappa shape index (κ1) is 12.2. The molecule has 0 atom stereocenters. The van der Waals surface area contributed by atoms with E-state index in [0.29, 0.717) is 5.92 Å². The monoisotopic (exact) mass is 234 g/mol. The maximum Gasteiger partial charge on any atom is 0.0540 e. The van der Waals surface area contributed by atoms with Gasteiger partial charge in [-0.25, -0.2) is 0 Å². The lowest BCUT2D eigenvalue weighted by Gasteiger charge is -2.25. The third-order valence-corrected chi connectivity index (χ3v) is 3.68. The summed E-state index contributed by atoms with van der Waals surface area (Å²) in [5, 5.41) is 12.9. The minimum Gasteiger partial charge on any atom is -0.399 e. The number of aliphatic hydroxyl groups excluding tert-OH is 1. The molecule has 2 rings (SSSR count). The van der Waals surface area contributed by atoms with Gasteiger partial charge in [-0.15, -0.1) is 0 Å². The fraction of sp³-hybridized carbons (Fsp3) is 0.571. The van der Waals surface area contributed by atoms with Crippen LogP contribution in [-0.2, 0) is 0 Å². The van der Waals surface area contributed by atoms with E-state index in [0.717, 1.165) is 49.2 Å². The second-order valence-corrected chi connectivity index (χ2v) is 5.13. The molecule has 0 heterocycles.